The highest BCUT2D eigenvalue weighted by molar-refractivity contribution is 9.09. The molecule has 0 radical (unpaired) electrons. The van der Waals surface area contributed by atoms with Gasteiger partial charge >= 0.3 is 0 Å². The number of hydrogen-bond donors (Lipinski definition) is 2. The lowest BCUT2D eigenvalue weighted by Gasteiger charge is -2.26. The molecule has 1 aromatic rings. The van der Waals surface area contributed by atoms with Gasteiger partial charge in [0.2, 0.25) is 5.56 Å². The maximum absolute atomic E-state index is 11.9. The second kappa shape index (κ2) is 5.69. The van der Waals surface area contributed by atoms with Crippen LogP contribution in [0, 0.1) is 5.41 Å². The highest BCUT2D eigenvalue weighted by Gasteiger charge is 2.33. The molecule has 98 valence electrons. The van der Waals surface area contributed by atoms with Crippen molar-refractivity contribution in [2.45, 2.75) is 25.7 Å². The number of amides is 1. The summed E-state index contributed by atoms with van der Waals surface area (Å²) in [6, 6.07) is 4.60. The summed E-state index contributed by atoms with van der Waals surface area (Å²) in [5.41, 5.74) is 0.258. The number of carbonyl (C=O) groups excluding carboxylic acids is 1. The molecule has 0 saturated heterocycles. The minimum atomic E-state index is -0.251. The predicted octanol–water partition coefficient (Wildman–Crippen LogP) is 2.06. The first-order chi connectivity index (χ1) is 8.65. The number of H-pyrrole nitrogens is 1. The molecular formula is C13H17BrN2O2. The Morgan fingerprint density at radius 2 is 2.11 bits per heavy atom. The Hall–Kier alpha value is -1.10. The van der Waals surface area contributed by atoms with Crippen LogP contribution in [0.1, 0.15) is 36.2 Å². The van der Waals surface area contributed by atoms with Crippen molar-refractivity contribution in [3.05, 3.63) is 34.2 Å². The zero-order valence-corrected chi connectivity index (χ0v) is 11.8. The second-order valence-corrected chi connectivity index (χ2v) is 5.51. The average molecular weight is 313 g/mol. The van der Waals surface area contributed by atoms with Gasteiger partial charge in [0.1, 0.15) is 5.69 Å². The topological polar surface area (TPSA) is 62.0 Å². The Kier molecular flexibility index (Phi) is 4.22. The molecule has 2 rings (SSSR count). The van der Waals surface area contributed by atoms with Crippen molar-refractivity contribution in [3.63, 3.8) is 0 Å². The zero-order valence-electron chi connectivity index (χ0n) is 10.2. The first-order valence-corrected chi connectivity index (χ1v) is 7.31. The lowest BCUT2D eigenvalue weighted by atomic mass is 9.89. The van der Waals surface area contributed by atoms with Crippen LogP contribution in [-0.2, 0) is 0 Å². The minimum absolute atomic E-state index is 0.185. The van der Waals surface area contributed by atoms with E-state index in [1.54, 1.807) is 12.1 Å². The standard InChI is InChI=1S/C13H17BrN2O2/c14-8-13(6-1-2-7-13)9-15-12(18)10-4-3-5-11(17)16-10/h3-5H,1-2,6-9H2,(H,15,18)(H,16,17). The molecule has 0 bridgehead atoms. The summed E-state index contributed by atoms with van der Waals surface area (Å²) >= 11 is 3.54. The highest BCUT2D eigenvalue weighted by atomic mass is 79.9. The fourth-order valence-corrected chi connectivity index (χ4v) is 3.18. The third-order valence-electron chi connectivity index (χ3n) is 3.58. The van der Waals surface area contributed by atoms with Gasteiger partial charge in [0, 0.05) is 17.9 Å². The van der Waals surface area contributed by atoms with Crippen LogP contribution in [0.2, 0.25) is 0 Å². The smallest absolute Gasteiger partial charge is 0.267 e. The third kappa shape index (κ3) is 3.02. The number of pyridine rings is 1. The maximum atomic E-state index is 11.9. The number of aromatic amines is 1. The van der Waals surface area contributed by atoms with Gasteiger partial charge in [-0.25, -0.2) is 0 Å². The molecule has 1 amide bonds. The zero-order chi connectivity index (χ0) is 13.0. The Morgan fingerprint density at radius 1 is 1.39 bits per heavy atom. The van der Waals surface area contributed by atoms with E-state index in [0.717, 1.165) is 18.2 Å². The van der Waals surface area contributed by atoms with Crippen LogP contribution in [0.15, 0.2) is 23.0 Å². The van der Waals surface area contributed by atoms with Crippen LogP contribution >= 0.6 is 15.9 Å². The van der Waals surface area contributed by atoms with Crippen LogP contribution in [-0.4, -0.2) is 22.8 Å². The number of aromatic nitrogens is 1. The summed E-state index contributed by atoms with van der Waals surface area (Å²) in [4.78, 5) is 25.6. The molecule has 0 atom stereocenters. The summed E-state index contributed by atoms with van der Waals surface area (Å²) in [6.45, 7) is 0.661. The van der Waals surface area contributed by atoms with E-state index in [1.165, 1.54) is 18.9 Å². The number of halogens is 1. The Balaban J connectivity index is 1.98. The third-order valence-corrected chi connectivity index (χ3v) is 4.77. The molecule has 1 saturated carbocycles. The molecule has 1 heterocycles. The van der Waals surface area contributed by atoms with Gasteiger partial charge in [-0.05, 0) is 24.3 Å². The van der Waals surface area contributed by atoms with Crippen LogP contribution in [0.3, 0.4) is 0 Å². The normalized spacial score (nSPS) is 17.6. The molecule has 1 aliphatic carbocycles. The van der Waals surface area contributed by atoms with Gasteiger partial charge in [-0.3, -0.25) is 9.59 Å². The molecule has 5 heteroatoms. The van der Waals surface area contributed by atoms with Crippen molar-refractivity contribution in [3.8, 4) is 0 Å². The number of carbonyl (C=O) groups is 1. The van der Waals surface area contributed by atoms with Gasteiger partial charge in [-0.15, -0.1) is 0 Å². The monoisotopic (exact) mass is 312 g/mol. The van der Waals surface area contributed by atoms with Crippen molar-refractivity contribution in [1.29, 1.82) is 0 Å². The van der Waals surface area contributed by atoms with Crippen molar-refractivity contribution in [2.75, 3.05) is 11.9 Å². The van der Waals surface area contributed by atoms with Gasteiger partial charge < -0.3 is 10.3 Å². The SMILES string of the molecule is O=C(NCC1(CBr)CCCC1)c1cccc(=O)[nH]1. The van der Waals surface area contributed by atoms with E-state index in [-0.39, 0.29) is 16.9 Å². The largest absolute Gasteiger partial charge is 0.350 e. The fraction of sp³-hybridized carbons (Fsp3) is 0.538. The highest BCUT2D eigenvalue weighted by Crippen LogP contribution is 2.38. The maximum Gasteiger partial charge on any atom is 0.267 e. The summed E-state index contributed by atoms with van der Waals surface area (Å²) < 4.78 is 0. The van der Waals surface area contributed by atoms with Gasteiger partial charge in [-0.1, -0.05) is 34.8 Å². The van der Waals surface area contributed by atoms with E-state index in [0.29, 0.717) is 12.2 Å². The first-order valence-electron chi connectivity index (χ1n) is 6.19. The second-order valence-electron chi connectivity index (χ2n) is 4.95. The van der Waals surface area contributed by atoms with Gasteiger partial charge in [-0.2, -0.15) is 0 Å². The van der Waals surface area contributed by atoms with E-state index in [2.05, 4.69) is 26.2 Å². The fourth-order valence-electron chi connectivity index (χ4n) is 2.43. The summed E-state index contributed by atoms with van der Waals surface area (Å²) in [5.74, 6) is -0.208. The lowest BCUT2D eigenvalue weighted by molar-refractivity contribution is 0.0930. The lowest BCUT2D eigenvalue weighted by Crippen LogP contribution is -2.37. The van der Waals surface area contributed by atoms with Crippen LogP contribution in [0.25, 0.3) is 0 Å². The molecule has 0 aromatic carbocycles. The Labute approximate surface area is 114 Å². The minimum Gasteiger partial charge on any atom is -0.350 e. The van der Waals surface area contributed by atoms with Crippen LogP contribution < -0.4 is 10.9 Å². The molecule has 0 spiro atoms. The molecule has 1 aliphatic rings. The van der Waals surface area contributed by atoms with Crippen LogP contribution in [0.5, 0.6) is 0 Å². The molecule has 1 fully saturated rings. The summed E-state index contributed by atoms with van der Waals surface area (Å²) in [5, 5.41) is 3.83. The molecule has 0 unspecified atom stereocenters. The molecule has 4 nitrogen and oxygen atoms in total. The summed E-state index contributed by atoms with van der Waals surface area (Å²) in [6.07, 6.45) is 4.74. The van der Waals surface area contributed by atoms with Crippen LogP contribution in [0.4, 0.5) is 0 Å². The van der Waals surface area contributed by atoms with Gasteiger partial charge in [0.05, 0.1) is 0 Å². The van der Waals surface area contributed by atoms with Crippen molar-refractivity contribution in [2.24, 2.45) is 5.41 Å². The summed E-state index contributed by atoms with van der Waals surface area (Å²) in [7, 11) is 0. The number of rotatable bonds is 4. The molecule has 0 aliphatic heterocycles. The molecule has 18 heavy (non-hydrogen) atoms. The van der Waals surface area contributed by atoms with E-state index in [4.69, 9.17) is 0 Å². The number of nitrogens with one attached hydrogen (secondary N) is 2. The van der Waals surface area contributed by atoms with Crippen molar-refractivity contribution in [1.82, 2.24) is 10.3 Å². The molecular weight excluding hydrogens is 296 g/mol. The van der Waals surface area contributed by atoms with E-state index < -0.39 is 0 Å². The van der Waals surface area contributed by atoms with E-state index in [9.17, 15) is 9.59 Å². The van der Waals surface area contributed by atoms with Crippen molar-refractivity contribution >= 4 is 21.8 Å². The van der Waals surface area contributed by atoms with E-state index >= 15 is 0 Å². The number of hydrogen-bond acceptors (Lipinski definition) is 2. The van der Waals surface area contributed by atoms with Gasteiger partial charge in [0.25, 0.3) is 5.91 Å². The predicted molar refractivity (Wildman–Crippen MR) is 74.1 cm³/mol. The molecule has 2 N–H and O–H groups in total. The Bertz CT molecular complexity index is 478. The first kappa shape index (κ1) is 13.3. The molecule has 1 aromatic heterocycles. The van der Waals surface area contributed by atoms with Crippen molar-refractivity contribution < 1.29 is 4.79 Å². The number of alkyl halides is 1. The Morgan fingerprint density at radius 3 is 2.72 bits per heavy atom. The quantitative estimate of drug-likeness (QED) is 0.836. The van der Waals surface area contributed by atoms with E-state index in [1.807, 2.05) is 0 Å². The van der Waals surface area contributed by atoms with Gasteiger partial charge in [0.15, 0.2) is 0 Å². The average Bonchev–Trinajstić information content (AvgIpc) is 2.85.